The molecule has 0 radical (unpaired) electrons. The van der Waals surface area contributed by atoms with E-state index >= 15 is 0 Å². The predicted octanol–water partition coefficient (Wildman–Crippen LogP) is 2.30. The van der Waals surface area contributed by atoms with E-state index in [0.717, 1.165) is 16.2 Å². The molecule has 12 heteroatoms. The quantitative estimate of drug-likeness (QED) is 0.550. The molecule has 0 spiro atoms. The van der Waals surface area contributed by atoms with Crippen molar-refractivity contribution in [2.45, 2.75) is 24.8 Å². The number of amides is 1. The van der Waals surface area contributed by atoms with Crippen molar-refractivity contribution in [2.24, 2.45) is 10.1 Å². The Morgan fingerprint density at radius 1 is 1.24 bits per heavy atom. The van der Waals surface area contributed by atoms with Gasteiger partial charge in [-0.05, 0) is 37.3 Å². The fraction of sp³-hybridized carbons (Fsp3) is 0.235. The number of rotatable bonds is 6. The number of sulfonamides is 1. The molecule has 0 bridgehead atoms. The topological polar surface area (TPSA) is 121 Å². The molecule has 0 saturated heterocycles. The number of ether oxygens (including phenoxy) is 1. The molecule has 8 nitrogen and oxygen atoms in total. The van der Waals surface area contributed by atoms with E-state index in [9.17, 15) is 18.0 Å². The summed E-state index contributed by atoms with van der Waals surface area (Å²) in [7, 11) is -3.89. The van der Waals surface area contributed by atoms with E-state index in [2.05, 4.69) is 4.99 Å². The van der Waals surface area contributed by atoms with Crippen LogP contribution in [0.5, 0.6) is 0 Å². The number of thiophene rings is 1. The number of primary sulfonamides is 1. The molecule has 2 N–H and O–H groups in total. The number of hydrogen-bond donors (Lipinski definition) is 1. The van der Waals surface area contributed by atoms with Gasteiger partial charge in [0.25, 0.3) is 5.91 Å². The smallest absolute Gasteiger partial charge is 0.326 e. The van der Waals surface area contributed by atoms with Crippen molar-refractivity contribution >= 4 is 66.4 Å². The van der Waals surface area contributed by atoms with E-state index in [1.165, 1.54) is 34.1 Å². The summed E-state index contributed by atoms with van der Waals surface area (Å²) >= 11 is 8.25. The van der Waals surface area contributed by atoms with E-state index in [0.29, 0.717) is 14.6 Å². The Bertz CT molecular complexity index is 1260. The first-order chi connectivity index (χ1) is 13.7. The third-order valence-corrected chi connectivity index (χ3v) is 6.93. The maximum Gasteiger partial charge on any atom is 0.326 e. The normalized spacial score (nSPS) is 12.4. The van der Waals surface area contributed by atoms with Crippen LogP contribution in [0.1, 0.15) is 11.8 Å². The van der Waals surface area contributed by atoms with Crippen LogP contribution in [0.15, 0.2) is 40.2 Å². The number of hydrogen-bond acceptors (Lipinski definition) is 7. The van der Waals surface area contributed by atoms with E-state index in [-0.39, 0.29) is 29.3 Å². The molecule has 29 heavy (non-hydrogen) atoms. The Hall–Kier alpha value is -2.05. The highest BCUT2D eigenvalue weighted by Gasteiger charge is 2.16. The van der Waals surface area contributed by atoms with Gasteiger partial charge in [-0.2, -0.15) is 4.99 Å². The number of thiazole rings is 1. The van der Waals surface area contributed by atoms with Gasteiger partial charge in [0.05, 0.1) is 32.5 Å². The molecule has 1 amide bonds. The van der Waals surface area contributed by atoms with Gasteiger partial charge >= 0.3 is 5.97 Å². The summed E-state index contributed by atoms with van der Waals surface area (Å²) < 4.78 is 30.9. The number of nitrogens with two attached hydrogens (primary N) is 1. The SMILES string of the molecule is CCOC(=O)Cn1c(=NC(=O)Cc2ccc(Cl)s2)sc2cc(S(N)(=O)=O)ccc21. The van der Waals surface area contributed by atoms with Crippen molar-refractivity contribution < 1.29 is 22.7 Å². The molecule has 2 aromatic heterocycles. The van der Waals surface area contributed by atoms with Gasteiger partial charge in [-0.1, -0.05) is 22.9 Å². The van der Waals surface area contributed by atoms with Gasteiger partial charge in [0.15, 0.2) is 4.80 Å². The summed E-state index contributed by atoms with van der Waals surface area (Å²) in [5, 5.41) is 5.19. The standard InChI is InChI=1S/C17H16ClN3O5S3/c1-2-26-16(23)9-21-12-5-4-11(29(19,24)25)8-13(12)28-17(21)20-15(22)7-10-3-6-14(18)27-10/h3-6,8H,2,7,9H2,1H3,(H2,19,24,25). The fourth-order valence-electron chi connectivity index (χ4n) is 2.55. The number of esters is 1. The van der Waals surface area contributed by atoms with Gasteiger partial charge in [0.2, 0.25) is 10.0 Å². The Kier molecular flexibility index (Phi) is 6.54. The monoisotopic (exact) mass is 473 g/mol. The Balaban J connectivity index is 2.07. The lowest BCUT2D eigenvalue weighted by Crippen LogP contribution is -2.23. The van der Waals surface area contributed by atoms with E-state index in [1.807, 2.05) is 0 Å². The van der Waals surface area contributed by atoms with Crippen LogP contribution in [-0.4, -0.2) is 31.5 Å². The zero-order valence-electron chi connectivity index (χ0n) is 15.1. The van der Waals surface area contributed by atoms with E-state index < -0.39 is 21.9 Å². The fourth-order valence-corrected chi connectivity index (χ4v) is 5.33. The Morgan fingerprint density at radius 3 is 2.62 bits per heavy atom. The summed E-state index contributed by atoms with van der Waals surface area (Å²) in [6, 6.07) is 7.69. The van der Waals surface area contributed by atoms with Crippen LogP contribution in [-0.2, 0) is 37.3 Å². The van der Waals surface area contributed by atoms with Gasteiger partial charge < -0.3 is 9.30 Å². The first-order valence-corrected chi connectivity index (χ1v) is 11.9. The summed E-state index contributed by atoms with van der Waals surface area (Å²) in [4.78, 5) is 29.5. The second-order valence-electron chi connectivity index (χ2n) is 5.84. The van der Waals surface area contributed by atoms with Crippen molar-refractivity contribution in [3.63, 3.8) is 0 Å². The molecular weight excluding hydrogens is 458 g/mol. The van der Waals surface area contributed by atoms with Crippen LogP contribution >= 0.6 is 34.3 Å². The average molecular weight is 474 g/mol. The van der Waals surface area contributed by atoms with Crippen molar-refractivity contribution in [1.82, 2.24) is 4.57 Å². The molecule has 0 atom stereocenters. The lowest BCUT2D eigenvalue weighted by Gasteiger charge is -2.05. The second kappa shape index (κ2) is 8.76. The van der Waals surface area contributed by atoms with Crippen LogP contribution < -0.4 is 9.94 Å². The predicted molar refractivity (Wildman–Crippen MR) is 111 cm³/mol. The number of nitrogens with zero attached hydrogens (tertiary/aromatic N) is 2. The molecule has 0 aliphatic carbocycles. The van der Waals surface area contributed by atoms with Crippen LogP contribution in [0.2, 0.25) is 4.34 Å². The third-order valence-electron chi connectivity index (χ3n) is 3.75. The minimum atomic E-state index is -3.89. The van der Waals surface area contributed by atoms with Gasteiger partial charge in [-0.15, -0.1) is 11.3 Å². The maximum absolute atomic E-state index is 12.4. The van der Waals surface area contributed by atoms with Gasteiger partial charge in [0.1, 0.15) is 6.54 Å². The number of carbonyl (C=O) groups excluding carboxylic acids is 2. The van der Waals surface area contributed by atoms with Crippen LogP contribution in [0, 0.1) is 0 Å². The van der Waals surface area contributed by atoms with E-state index in [1.54, 1.807) is 19.1 Å². The van der Waals surface area contributed by atoms with Gasteiger partial charge in [-0.25, -0.2) is 13.6 Å². The van der Waals surface area contributed by atoms with Crippen LogP contribution in [0.25, 0.3) is 10.2 Å². The first kappa shape index (κ1) is 21.7. The number of benzene rings is 1. The Labute approximate surface area is 179 Å². The first-order valence-electron chi connectivity index (χ1n) is 8.31. The largest absolute Gasteiger partial charge is 0.465 e. The number of halogens is 1. The molecule has 0 saturated carbocycles. The average Bonchev–Trinajstić information content (AvgIpc) is 3.17. The number of aromatic nitrogens is 1. The Morgan fingerprint density at radius 2 is 2.00 bits per heavy atom. The molecule has 0 aliphatic heterocycles. The molecular formula is C17H16ClN3O5S3. The summed E-state index contributed by atoms with van der Waals surface area (Å²) in [5.41, 5.74) is 0.543. The number of carbonyl (C=O) groups is 2. The van der Waals surface area contributed by atoms with Crippen molar-refractivity contribution in [2.75, 3.05) is 6.61 Å². The van der Waals surface area contributed by atoms with E-state index in [4.69, 9.17) is 21.5 Å². The molecule has 3 rings (SSSR count). The molecule has 154 valence electrons. The van der Waals surface area contributed by atoms with Gasteiger partial charge in [-0.3, -0.25) is 9.59 Å². The molecule has 2 heterocycles. The lowest BCUT2D eigenvalue weighted by atomic mass is 10.3. The molecule has 0 fully saturated rings. The van der Waals surface area contributed by atoms with Crippen molar-refractivity contribution in [3.8, 4) is 0 Å². The maximum atomic E-state index is 12.4. The highest BCUT2D eigenvalue weighted by molar-refractivity contribution is 7.89. The summed E-state index contributed by atoms with van der Waals surface area (Å²) in [6.07, 6.45) is 0.0630. The van der Waals surface area contributed by atoms with Gasteiger partial charge in [0, 0.05) is 4.88 Å². The molecule has 3 aromatic rings. The summed E-state index contributed by atoms with van der Waals surface area (Å²) in [6.45, 7) is 1.73. The second-order valence-corrected chi connectivity index (χ2v) is 10.2. The lowest BCUT2D eigenvalue weighted by molar-refractivity contribution is -0.143. The third kappa shape index (κ3) is 5.31. The van der Waals surface area contributed by atoms with Crippen molar-refractivity contribution in [3.05, 3.63) is 44.3 Å². The molecule has 0 unspecified atom stereocenters. The van der Waals surface area contributed by atoms with Crippen LogP contribution in [0.3, 0.4) is 0 Å². The van der Waals surface area contributed by atoms with Crippen molar-refractivity contribution in [1.29, 1.82) is 0 Å². The zero-order valence-corrected chi connectivity index (χ0v) is 18.3. The van der Waals surface area contributed by atoms with Crippen LogP contribution in [0.4, 0.5) is 0 Å². The molecule has 0 aliphatic rings. The molecule has 1 aromatic carbocycles. The highest BCUT2D eigenvalue weighted by atomic mass is 35.5. The minimum Gasteiger partial charge on any atom is -0.465 e. The minimum absolute atomic E-state index is 0.0630. The number of fused-ring (bicyclic) bond motifs is 1. The zero-order chi connectivity index (χ0) is 21.2. The highest BCUT2D eigenvalue weighted by Crippen LogP contribution is 2.23. The summed E-state index contributed by atoms with van der Waals surface area (Å²) in [5.74, 6) is -0.916.